The summed E-state index contributed by atoms with van der Waals surface area (Å²) in [7, 11) is -3.45. The van der Waals surface area contributed by atoms with Gasteiger partial charge in [0.2, 0.25) is 10.0 Å². The van der Waals surface area contributed by atoms with Crippen molar-refractivity contribution in [3.8, 4) is 0 Å². The van der Waals surface area contributed by atoms with Gasteiger partial charge in [0.15, 0.2) is 0 Å². The first-order valence-corrected chi connectivity index (χ1v) is 10.6. The minimum Gasteiger partial charge on any atom is -0.307 e. The van der Waals surface area contributed by atoms with Crippen molar-refractivity contribution in [2.24, 2.45) is 0 Å². The van der Waals surface area contributed by atoms with Crippen molar-refractivity contribution in [2.75, 3.05) is 26.2 Å². The van der Waals surface area contributed by atoms with Crippen LogP contribution < -0.4 is 0 Å². The summed E-state index contributed by atoms with van der Waals surface area (Å²) in [5.41, 5.74) is 3.70. The van der Waals surface area contributed by atoms with Crippen LogP contribution in [0, 0.1) is 13.8 Å². The maximum Gasteiger partial charge on any atom is 0.243 e. The van der Waals surface area contributed by atoms with Gasteiger partial charge in [0.05, 0.1) is 10.6 Å². The van der Waals surface area contributed by atoms with Gasteiger partial charge in [-0.2, -0.15) is 4.31 Å². The lowest BCUT2D eigenvalue weighted by atomic mass is 10.2. The zero-order valence-electron chi connectivity index (χ0n) is 15.7. The molecule has 3 aromatic rings. The summed E-state index contributed by atoms with van der Waals surface area (Å²) in [5.74, 6) is 0. The largest absolute Gasteiger partial charge is 0.307 e. The molecule has 1 fully saturated rings. The van der Waals surface area contributed by atoms with Gasteiger partial charge < -0.3 is 4.40 Å². The Balaban J connectivity index is 1.44. The van der Waals surface area contributed by atoms with Crippen LogP contribution in [0.4, 0.5) is 0 Å². The highest BCUT2D eigenvalue weighted by atomic mass is 32.2. The fourth-order valence-electron chi connectivity index (χ4n) is 3.54. The molecule has 1 saturated heterocycles. The average molecular weight is 385 g/mol. The average Bonchev–Trinajstić information content (AvgIpc) is 3.06. The molecule has 3 heterocycles. The summed E-state index contributed by atoms with van der Waals surface area (Å²) in [6.07, 6.45) is 4.02. The minimum atomic E-state index is -3.45. The second kappa shape index (κ2) is 7.07. The van der Waals surface area contributed by atoms with E-state index in [0.717, 1.165) is 29.0 Å². The van der Waals surface area contributed by atoms with E-state index in [1.807, 2.05) is 61.0 Å². The number of hydrogen-bond donors (Lipinski definition) is 0. The van der Waals surface area contributed by atoms with Crippen LogP contribution in [-0.4, -0.2) is 53.2 Å². The first kappa shape index (κ1) is 18.2. The monoisotopic (exact) mass is 384 g/mol. The number of pyridine rings is 1. The van der Waals surface area contributed by atoms with Crippen LogP contribution in [0.5, 0.6) is 0 Å². The molecule has 0 bridgehead atoms. The van der Waals surface area contributed by atoms with Crippen LogP contribution in [0.3, 0.4) is 0 Å². The van der Waals surface area contributed by atoms with E-state index >= 15 is 0 Å². The third-order valence-electron chi connectivity index (χ3n) is 5.09. The predicted octanol–water partition coefficient (Wildman–Crippen LogP) is 2.46. The molecular formula is C20H24N4O2S. The minimum absolute atomic E-state index is 0.427. The van der Waals surface area contributed by atoms with Gasteiger partial charge in [0.1, 0.15) is 5.65 Å². The number of aryl methyl sites for hydroxylation is 2. The molecule has 1 aliphatic rings. The van der Waals surface area contributed by atoms with Gasteiger partial charge in [0, 0.05) is 45.1 Å². The normalized spacial score (nSPS) is 16.8. The van der Waals surface area contributed by atoms with Gasteiger partial charge >= 0.3 is 0 Å². The molecule has 0 unspecified atom stereocenters. The topological polar surface area (TPSA) is 57.9 Å². The van der Waals surface area contributed by atoms with Gasteiger partial charge in [-0.15, -0.1) is 0 Å². The fraction of sp³-hybridized carbons (Fsp3) is 0.350. The molecule has 4 rings (SSSR count). The second-order valence-corrected chi connectivity index (χ2v) is 9.05. The highest BCUT2D eigenvalue weighted by Crippen LogP contribution is 2.22. The highest BCUT2D eigenvalue weighted by Gasteiger charge is 2.29. The summed E-state index contributed by atoms with van der Waals surface area (Å²) >= 11 is 0. The van der Waals surface area contributed by atoms with Crippen molar-refractivity contribution < 1.29 is 8.42 Å². The predicted molar refractivity (Wildman–Crippen MR) is 105 cm³/mol. The number of sulfonamides is 1. The summed E-state index contributed by atoms with van der Waals surface area (Å²) in [4.78, 5) is 7.32. The Bertz CT molecular complexity index is 1030. The molecule has 0 aliphatic carbocycles. The second-order valence-electron chi connectivity index (χ2n) is 7.15. The summed E-state index contributed by atoms with van der Waals surface area (Å²) < 4.78 is 29.7. The number of fused-ring (bicyclic) bond motifs is 1. The Morgan fingerprint density at radius 2 is 1.81 bits per heavy atom. The molecule has 1 aromatic carbocycles. The number of hydrogen-bond acceptors (Lipinski definition) is 4. The van der Waals surface area contributed by atoms with E-state index in [9.17, 15) is 8.42 Å². The third kappa shape index (κ3) is 3.63. The first-order chi connectivity index (χ1) is 12.9. The van der Waals surface area contributed by atoms with Gasteiger partial charge in [-0.25, -0.2) is 13.4 Å². The molecule has 7 heteroatoms. The molecule has 0 saturated carbocycles. The Morgan fingerprint density at radius 1 is 1.04 bits per heavy atom. The van der Waals surface area contributed by atoms with E-state index in [-0.39, 0.29) is 0 Å². The molecule has 2 aromatic heterocycles. The standard InChI is InChI=1S/C20H24N4O2S/c1-16-6-7-17(2)19(13-16)27(25,26)24-11-9-22(10-12-24)14-18-15-23-8-4-3-5-20(23)21-18/h3-8,13,15H,9-12,14H2,1-2H3. The highest BCUT2D eigenvalue weighted by molar-refractivity contribution is 7.89. The summed E-state index contributed by atoms with van der Waals surface area (Å²) in [6.45, 7) is 6.93. The number of aromatic nitrogens is 2. The quantitative estimate of drug-likeness (QED) is 0.693. The van der Waals surface area contributed by atoms with E-state index in [4.69, 9.17) is 0 Å². The van der Waals surface area contributed by atoms with Gasteiger partial charge in [-0.05, 0) is 43.2 Å². The van der Waals surface area contributed by atoms with E-state index in [2.05, 4.69) is 9.88 Å². The van der Waals surface area contributed by atoms with Crippen molar-refractivity contribution in [2.45, 2.75) is 25.3 Å². The first-order valence-electron chi connectivity index (χ1n) is 9.16. The number of nitrogens with zero attached hydrogens (tertiary/aromatic N) is 4. The maximum absolute atomic E-state index is 13.0. The third-order valence-corrected chi connectivity index (χ3v) is 7.13. The van der Waals surface area contributed by atoms with Crippen LogP contribution in [0.1, 0.15) is 16.8 Å². The van der Waals surface area contributed by atoms with Crippen molar-refractivity contribution in [1.82, 2.24) is 18.6 Å². The summed E-state index contributed by atoms with van der Waals surface area (Å²) in [6, 6.07) is 11.5. The summed E-state index contributed by atoms with van der Waals surface area (Å²) in [5, 5.41) is 0. The lowest BCUT2D eigenvalue weighted by Gasteiger charge is -2.33. The van der Waals surface area contributed by atoms with Crippen LogP contribution in [0.25, 0.3) is 5.65 Å². The Morgan fingerprint density at radius 3 is 2.56 bits per heavy atom. The van der Waals surface area contributed by atoms with Gasteiger partial charge in [-0.3, -0.25) is 4.90 Å². The Labute approximate surface area is 160 Å². The van der Waals surface area contributed by atoms with Crippen LogP contribution >= 0.6 is 0 Å². The molecule has 0 radical (unpaired) electrons. The number of rotatable bonds is 4. The van der Waals surface area contributed by atoms with E-state index in [0.29, 0.717) is 31.1 Å². The van der Waals surface area contributed by atoms with Crippen LogP contribution in [0.15, 0.2) is 53.7 Å². The molecule has 142 valence electrons. The van der Waals surface area contributed by atoms with E-state index in [1.165, 1.54) is 0 Å². The molecule has 0 N–H and O–H groups in total. The van der Waals surface area contributed by atoms with Crippen molar-refractivity contribution >= 4 is 15.7 Å². The van der Waals surface area contributed by atoms with Crippen LogP contribution in [0.2, 0.25) is 0 Å². The smallest absolute Gasteiger partial charge is 0.243 e. The van der Waals surface area contributed by atoms with Crippen molar-refractivity contribution in [3.63, 3.8) is 0 Å². The van der Waals surface area contributed by atoms with E-state index in [1.54, 1.807) is 10.4 Å². The Kier molecular flexibility index (Phi) is 4.75. The maximum atomic E-state index is 13.0. The lowest BCUT2D eigenvalue weighted by Crippen LogP contribution is -2.48. The lowest BCUT2D eigenvalue weighted by molar-refractivity contribution is 0.180. The number of piperazine rings is 1. The van der Waals surface area contributed by atoms with E-state index < -0.39 is 10.0 Å². The number of imidazole rings is 1. The van der Waals surface area contributed by atoms with Crippen molar-refractivity contribution in [1.29, 1.82) is 0 Å². The molecular weight excluding hydrogens is 360 g/mol. The molecule has 1 aliphatic heterocycles. The SMILES string of the molecule is Cc1ccc(C)c(S(=O)(=O)N2CCN(Cc3cn4ccccc4n3)CC2)c1. The van der Waals surface area contributed by atoms with Crippen molar-refractivity contribution in [3.05, 3.63) is 65.6 Å². The zero-order valence-corrected chi connectivity index (χ0v) is 16.5. The molecule has 6 nitrogen and oxygen atoms in total. The fourth-order valence-corrected chi connectivity index (χ4v) is 5.28. The zero-order chi connectivity index (χ0) is 19.0. The van der Waals surface area contributed by atoms with Gasteiger partial charge in [-0.1, -0.05) is 18.2 Å². The van der Waals surface area contributed by atoms with Gasteiger partial charge in [0.25, 0.3) is 0 Å². The number of benzene rings is 1. The molecule has 0 spiro atoms. The molecule has 0 amide bonds. The molecule has 0 atom stereocenters. The Hall–Kier alpha value is -2.22. The molecule has 27 heavy (non-hydrogen) atoms. The van der Waals surface area contributed by atoms with Crippen LogP contribution in [-0.2, 0) is 16.6 Å².